The monoisotopic (exact) mass is 480 g/mol. The molecule has 0 saturated carbocycles. The van der Waals surface area contributed by atoms with Gasteiger partial charge in [0.1, 0.15) is 11.6 Å². The molecular formula is C24H33FN2O5S. The first-order valence-corrected chi connectivity index (χ1v) is 13.6. The van der Waals surface area contributed by atoms with Crippen LogP contribution in [0.3, 0.4) is 0 Å². The average molecular weight is 481 g/mol. The minimum atomic E-state index is -3.41. The van der Waals surface area contributed by atoms with Crippen molar-refractivity contribution in [3.8, 4) is 5.75 Å². The van der Waals surface area contributed by atoms with Crippen LogP contribution < -0.4 is 9.46 Å². The van der Waals surface area contributed by atoms with E-state index in [1.807, 2.05) is 17.9 Å². The molecule has 4 aliphatic rings. The van der Waals surface area contributed by atoms with Gasteiger partial charge in [-0.1, -0.05) is 6.08 Å². The van der Waals surface area contributed by atoms with Crippen LogP contribution >= 0.6 is 0 Å². The zero-order valence-electron chi connectivity index (χ0n) is 19.3. The first-order chi connectivity index (χ1) is 15.7. The predicted octanol–water partition coefficient (Wildman–Crippen LogP) is 3.25. The molecule has 3 aliphatic heterocycles. The highest BCUT2D eigenvalue weighted by Gasteiger charge is 2.43. The summed E-state index contributed by atoms with van der Waals surface area (Å²) in [6.07, 6.45) is 7.62. The molecule has 1 aromatic rings. The number of benzene rings is 1. The first kappa shape index (κ1) is 24.2. The van der Waals surface area contributed by atoms with Crippen LogP contribution in [0.2, 0.25) is 0 Å². The van der Waals surface area contributed by atoms with Crippen molar-refractivity contribution in [2.24, 2.45) is 0 Å². The second kappa shape index (κ2) is 10.1. The van der Waals surface area contributed by atoms with Gasteiger partial charge in [0.15, 0.2) is 0 Å². The molecule has 182 valence electrons. The molecule has 4 atom stereocenters. The Morgan fingerprint density at radius 3 is 2.73 bits per heavy atom. The lowest BCUT2D eigenvalue weighted by Crippen LogP contribution is -2.50. The lowest BCUT2D eigenvalue weighted by atomic mass is 9.92. The SMILES string of the molecule is C[C@@H]1C[C@H](NS(C)(=O)=O)C2CO[C@H]3CC=C(CC3)c3cc(F)cc(c3)OCCCCC(=O)N21. The van der Waals surface area contributed by atoms with Crippen LogP contribution in [0, 0.1) is 5.82 Å². The number of ether oxygens (including phenoxy) is 2. The maximum absolute atomic E-state index is 14.2. The summed E-state index contributed by atoms with van der Waals surface area (Å²) in [6, 6.07) is 4.01. The van der Waals surface area contributed by atoms with Crippen LogP contribution in [0.25, 0.3) is 5.57 Å². The normalized spacial score (nSPS) is 29.2. The fraction of sp³-hybridized carbons (Fsp3) is 0.625. The zero-order valence-corrected chi connectivity index (χ0v) is 20.1. The summed E-state index contributed by atoms with van der Waals surface area (Å²) in [6.45, 7) is 2.64. The molecule has 1 unspecified atom stereocenters. The summed E-state index contributed by atoms with van der Waals surface area (Å²) < 4.78 is 52.7. The van der Waals surface area contributed by atoms with Gasteiger partial charge in [0.25, 0.3) is 0 Å². The quantitative estimate of drug-likeness (QED) is 0.703. The molecule has 5 rings (SSSR count). The van der Waals surface area contributed by atoms with E-state index in [2.05, 4.69) is 10.8 Å². The van der Waals surface area contributed by atoms with Gasteiger partial charge in [0.2, 0.25) is 15.9 Å². The minimum Gasteiger partial charge on any atom is -0.493 e. The van der Waals surface area contributed by atoms with Gasteiger partial charge >= 0.3 is 0 Å². The lowest BCUT2D eigenvalue weighted by Gasteiger charge is -2.32. The fourth-order valence-corrected chi connectivity index (χ4v) is 5.98. The van der Waals surface area contributed by atoms with Gasteiger partial charge in [-0.3, -0.25) is 4.79 Å². The summed E-state index contributed by atoms with van der Waals surface area (Å²) in [4.78, 5) is 14.9. The number of nitrogens with zero attached hydrogens (tertiary/aromatic N) is 1. The van der Waals surface area contributed by atoms with Gasteiger partial charge in [0.05, 0.1) is 31.6 Å². The van der Waals surface area contributed by atoms with Crippen molar-refractivity contribution in [3.63, 3.8) is 0 Å². The number of nitrogens with one attached hydrogen (secondary N) is 1. The Bertz CT molecular complexity index is 1010. The average Bonchev–Trinajstić information content (AvgIpc) is 3.04. The topological polar surface area (TPSA) is 84.9 Å². The largest absolute Gasteiger partial charge is 0.493 e. The fourth-order valence-electron chi connectivity index (χ4n) is 5.17. The highest BCUT2D eigenvalue weighted by molar-refractivity contribution is 7.88. The smallest absolute Gasteiger partial charge is 0.223 e. The molecule has 33 heavy (non-hydrogen) atoms. The van der Waals surface area contributed by atoms with E-state index < -0.39 is 10.0 Å². The Kier molecular flexibility index (Phi) is 7.40. The highest BCUT2D eigenvalue weighted by atomic mass is 32.2. The molecule has 3 heterocycles. The van der Waals surface area contributed by atoms with E-state index in [0.29, 0.717) is 44.5 Å². The molecule has 1 amide bonds. The Morgan fingerprint density at radius 2 is 2.00 bits per heavy atom. The van der Waals surface area contributed by atoms with Crippen molar-refractivity contribution in [1.29, 1.82) is 0 Å². The molecule has 9 heteroatoms. The van der Waals surface area contributed by atoms with Crippen molar-refractivity contribution in [2.45, 2.75) is 76.1 Å². The van der Waals surface area contributed by atoms with E-state index in [0.717, 1.165) is 30.2 Å². The van der Waals surface area contributed by atoms with Crippen LogP contribution in [-0.2, 0) is 19.6 Å². The maximum atomic E-state index is 14.2. The Labute approximate surface area is 195 Å². The summed E-state index contributed by atoms with van der Waals surface area (Å²) in [5.41, 5.74) is 1.91. The van der Waals surface area contributed by atoms with Crippen molar-refractivity contribution < 1.29 is 27.1 Å². The standard InChI is InChI=1S/C24H33FN2O5S/c1-16-11-22(26-33(2,29)30)23-15-32-20-8-6-17(7-9-20)18-12-19(25)14-21(13-18)31-10-4-3-5-24(28)27(16)23/h6,12-14,16,20,22-23,26H,3-5,7-11,15H2,1-2H3/t16-,20+,22+,23?/m1/s1. The van der Waals surface area contributed by atoms with Gasteiger partial charge in [-0.2, -0.15) is 0 Å². The second-order valence-corrected chi connectivity index (χ2v) is 11.2. The number of fused-ring (bicyclic) bond motifs is 8. The highest BCUT2D eigenvalue weighted by Crippen LogP contribution is 2.33. The molecule has 0 spiro atoms. The lowest BCUT2D eigenvalue weighted by molar-refractivity contribution is -0.136. The number of amides is 1. The molecule has 0 radical (unpaired) electrons. The molecule has 0 aromatic heterocycles. The molecule has 7 nitrogen and oxygen atoms in total. The van der Waals surface area contributed by atoms with Gasteiger partial charge in [-0.25, -0.2) is 17.5 Å². The zero-order chi connectivity index (χ0) is 23.6. The number of carbonyl (C=O) groups excluding carboxylic acids is 1. The maximum Gasteiger partial charge on any atom is 0.223 e. The van der Waals surface area contributed by atoms with Crippen LogP contribution in [0.15, 0.2) is 24.3 Å². The number of hydrogen-bond acceptors (Lipinski definition) is 5. The van der Waals surface area contributed by atoms with Gasteiger partial charge in [-0.05, 0) is 68.7 Å². The number of rotatable bonds is 2. The van der Waals surface area contributed by atoms with Gasteiger partial charge < -0.3 is 14.4 Å². The molecule has 1 N–H and O–H groups in total. The summed E-state index contributed by atoms with van der Waals surface area (Å²) >= 11 is 0. The second-order valence-electron chi connectivity index (χ2n) is 9.39. The van der Waals surface area contributed by atoms with Crippen LogP contribution in [-0.4, -0.2) is 62.9 Å². The Morgan fingerprint density at radius 1 is 1.18 bits per heavy atom. The molecule has 1 saturated heterocycles. The van der Waals surface area contributed by atoms with Crippen molar-refractivity contribution in [2.75, 3.05) is 19.5 Å². The van der Waals surface area contributed by atoms with Gasteiger partial charge in [-0.15, -0.1) is 0 Å². The van der Waals surface area contributed by atoms with E-state index in [9.17, 15) is 17.6 Å². The molecule has 1 aromatic carbocycles. The third-order valence-corrected chi connectivity index (χ3v) is 7.44. The van der Waals surface area contributed by atoms with E-state index in [1.54, 1.807) is 0 Å². The van der Waals surface area contributed by atoms with Crippen molar-refractivity contribution >= 4 is 21.5 Å². The first-order valence-electron chi connectivity index (χ1n) is 11.7. The van der Waals surface area contributed by atoms with E-state index in [1.165, 1.54) is 12.1 Å². The van der Waals surface area contributed by atoms with Crippen LogP contribution in [0.5, 0.6) is 5.75 Å². The number of hydrogen-bond donors (Lipinski definition) is 1. The molecule has 1 aliphatic carbocycles. The summed E-state index contributed by atoms with van der Waals surface area (Å²) in [7, 11) is -3.41. The number of sulfonamides is 1. The number of allylic oxidation sites excluding steroid dienone is 1. The van der Waals surface area contributed by atoms with E-state index in [4.69, 9.17) is 9.47 Å². The van der Waals surface area contributed by atoms with Gasteiger partial charge in [0, 0.05) is 24.6 Å². The molecule has 4 bridgehead atoms. The third kappa shape index (κ3) is 6.13. The molecular weight excluding hydrogens is 447 g/mol. The Hall–Kier alpha value is -1.97. The number of carbonyl (C=O) groups is 1. The van der Waals surface area contributed by atoms with Crippen LogP contribution in [0.4, 0.5) is 4.39 Å². The predicted molar refractivity (Wildman–Crippen MR) is 124 cm³/mol. The summed E-state index contributed by atoms with van der Waals surface area (Å²) in [5, 5.41) is 0. The van der Waals surface area contributed by atoms with Crippen molar-refractivity contribution in [3.05, 3.63) is 35.7 Å². The Balaban J connectivity index is 1.56. The summed E-state index contributed by atoms with van der Waals surface area (Å²) in [5.74, 6) is 0.175. The van der Waals surface area contributed by atoms with E-state index >= 15 is 0 Å². The minimum absolute atomic E-state index is 0.00270. The van der Waals surface area contributed by atoms with Crippen LogP contribution in [0.1, 0.15) is 57.4 Å². The third-order valence-electron chi connectivity index (χ3n) is 6.71. The van der Waals surface area contributed by atoms with Crippen molar-refractivity contribution in [1.82, 2.24) is 9.62 Å². The molecule has 1 fully saturated rings. The van der Waals surface area contributed by atoms with E-state index in [-0.39, 0.29) is 42.6 Å². The number of halogens is 1.